The first kappa shape index (κ1) is 14.0. The van der Waals surface area contributed by atoms with Gasteiger partial charge < -0.3 is 20.7 Å². The molecule has 0 saturated carbocycles. The van der Waals surface area contributed by atoms with E-state index >= 15 is 0 Å². The predicted octanol–water partition coefficient (Wildman–Crippen LogP) is -2.27. The van der Waals surface area contributed by atoms with Gasteiger partial charge in [-0.25, -0.2) is 9.67 Å². The van der Waals surface area contributed by atoms with Gasteiger partial charge in [-0.3, -0.25) is 4.79 Å². The van der Waals surface area contributed by atoms with Gasteiger partial charge in [0.15, 0.2) is 6.23 Å². The molecule has 1 aromatic heterocycles. The molecule has 1 aromatic rings. The molecule has 0 spiro atoms. The van der Waals surface area contributed by atoms with Crippen molar-refractivity contribution in [3.05, 3.63) is 12.2 Å². The Balaban J connectivity index is 2.16. The first-order valence-electron chi connectivity index (χ1n) is 5.26. The number of hydrogen-bond donors (Lipinski definition) is 4. The van der Waals surface area contributed by atoms with Crippen LogP contribution in [0.5, 0.6) is 0 Å². The minimum absolute atomic E-state index is 0.262. The summed E-state index contributed by atoms with van der Waals surface area (Å²) in [5.41, 5.74) is 4.98. The van der Waals surface area contributed by atoms with Gasteiger partial charge >= 0.3 is 8.03 Å². The average molecular weight is 291 g/mol. The summed E-state index contributed by atoms with van der Waals surface area (Å²) in [6.07, 6.45) is -4.01. The number of nitrogens with two attached hydrogens (primary N) is 1. The Bertz CT molecular complexity index is 507. The standard InChI is InChI=1S/C8H11N4O6P/c9-6(15)7-10-2-12(11-7)8-5(14)4(13)3(18-8)1-19(16)17/h2-5,8,13-14H,1H2,(H2-,9,15,16,17)/p+1/t3-,4-,5-,8-/m1/s1. The monoisotopic (exact) mass is 291 g/mol. The summed E-state index contributed by atoms with van der Waals surface area (Å²) in [5, 5.41) is 23.2. The fourth-order valence-corrected chi connectivity index (χ4v) is 2.37. The van der Waals surface area contributed by atoms with E-state index in [4.69, 9.17) is 15.4 Å². The van der Waals surface area contributed by atoms with Gasteiger partial charge in [0.05, 0.1) is 0 Å². The summed E-state index contributed by atoms with van der Waals surface area (Å²) >= 11 is 0. The molecule has 0 aliphatic carbocycles. The van der Waals surface area contributed by atoms with E-state index in [0.29, 0.717) is 0 Å². The third kappa shape index (κ3) is 2.77. The molecule has 2 heterocycles. The van der Waals surface area contributed by atoms with Crippen LogP contribution in [0, 0.1) is 0 Å². The average Bonchev–Trinajstić information content (AvgIpc) is 2.89. The molecule has 10 nitrogen and oxygen atoms in total. The number of nitrogens with zero attached hydrogens (tertiary/aromatic N) is 3. The highest BCUT2D eigenvalue weighted by molar-refractivity contribution is 7.38. The van der Waals surface area contributed by atoms with Gasteiger partial charge in [-0.2, -0.15) is 4.89 Å². The molecule has 0 bridgehead atoms. The lowest BCUT2D eigenvalue weighted by molar-refractivity contribution is -0.0394. The second-order valence-corrected chi connectivity index (χ2v) is 5.06. The van der Waals surface area contributed by atoms with Crippen LogP contribution in [0.15, 0.2) is 6.33 Å². The third-order valence-corrected chi connectivity index (χ3v) is 3.34. The van der Waals surface area contributed by atoms with Crippen LogP contribution in [0.4, 0.5) is 0 Å². The predicted molar refractivity (Wildman–Crippen MR) is 59.2 cm³/mol. The molecule has 5 atom stereocenters. The molecule has 1 amide bonds. The van der Waals surface area contributed by atoms with Gasteiger partial charge in [-0.1, -0.05) is 0 Å². The number of carbonyl (C=O) groups is 1. The maximum Gasteiger partial charge on any atom is 0.508 e. The molecular formula is C8H12N4O6P+. The second kappa shape index (κ2) is 5.27. The van der Waals surface area contributed by atoms with Crippen molar-refractivity contribution in [2.24, 2.45) is 5.73 Å². The largest absolute Gasteiger partial charge is 0.508 e. The van der Waals surface area contributed by atoms with Gasteiger partial charge in [-0.05, 0) is 4.57 Å². The lowest BCUT2D eigenvalue weighted by Crippen LogP contribution is -2.32. The van der Waals surface area contributed by atoms with Crippen LogP contribution in [0.1, 0.15) is 16.8 Å². The lowest BCUT2D eigenvalue weighted by atomic mass is 10.1. The Hall–Kier alpha value is -1.45. The Kier molecular flexibility index (Phi) is 3.88. The van der Waals surface area contributed by atoms with E-state index in [1.807, 2.05) is 0 Å². The smallest absolute Gasteiger partial charge is 0.387 e. The lowest BCUT2D eigenvalue weighted by Gasteiger charge is -2.13. The number of aliphatic hydroxyl groups excluding tert-OH is 2. The minimum atomic E-state index is -2.52. The summed E-state index contributed by atoms with van der Waals surface area (Å²) in [6, 6.07) is 0. The van der Waals surface area contributed by atoms with Gasteiger partial charge in [-0.15, -0.1) is 5.10 Å². The molecule has 1 aliphatic heterocycles. The molecule has 1 fully saturated rings. The van der Waals surface area contributed by atoms with Crippen molar-refractivity contribution in [2.45, 2.75) is 24.5 Å². The Labute approximate surface area is 107 Å². The van der Waals surface area contributed by atoms with Crippen LogP contribution in [-0.4, -0.2) is 60.3 Å². The number of rotatable bonds is 4. The number of primary amides is 1. The highest BCUT2D eigenvalue weighted by Crippen LogP contribution is 2.32. The first-order chi connectivity index (χ1) is 8.90. The van der Waals surface area contributed by atoms with Gasteiger partial charge in [0.2, 0.25) is 12.0 Å². The van der Waals surface area contributed by atoms with Crippen LogP contribution < -0.4 is 5.73 Å². The SMILES string of the molecule is NC(=O)c1ncn([C@@H]2O[C@H](C[P+](=O)O)[C@@H](O)[C@H]2O)n1. The first-order valence-corrected chi connectivity index (χ1v) is 6.66. The summed E-state index contributed by atoms with van der Waals surface area (Å²) in [7, 11) is -2.52. The van der Waals surface area contributed by atoms with Crippen molar-refractivity contribution >= 4 is 13.9 Å². The van der Waals surface area contributed by atoms with Gasteiger partial charge in [0.1, 0.15) is 24.6 Å². The summed E-state index contributed by atoms with van der Waals surface area (Å²) in [4.78, 5) is 23.2. The van der Waals surface area contributed by atoms with Crippen LogP contribution in [0.3, 0.4) is 0 Å². The molecule has 19 heavy (non-hydrogen) atoms. The van der Waals surface area contributed by atoms with Crippen LogP contribution in [0.25, 0.3) is 0 Å². The highest BCUT2D eigenvalue weighted by atomic mass is 31.1. The van der Waals surface area contributed by atoms with E-state index in [1.54, 1.807) is 0 Å². The Morgan fingerprint density at radius 3 is 2.74 bits per heavy atom. The number of aliphatic hydroxyl groups is 2. The topological polar surface area (TPSA) is 161 Å². The zero-order valence-electron chi connectivity index (χ0n) is 9.53. The van der Waals surface area contributed by atoms with Crippen LogP contribution in [0.2, 0.25) is 0 Å². The zero-order valence-corrected chi connectivity index (χ0v) is 10.4. The highest BCUT2D eigenvalue weighted by Gasteiger charge is 2.47. The molecular weight excluding hydrogens is 279 g/mol. The fraction of sp³-hybridized carbons (Fsp3) is 0.625. The maximum atomic E-state index is 10.8. The van der Waals surface area contributed by atoms with E-state index in [9.17, 15) is 19.6 Å². The van der Waals surface area contributed by atoms with E-state index in [-0.39, 0.29) is 12.0 Å². The third-order valence-electron chi connectivity index (χ3n) is 2.66. The van der Waals surface area contributed by atoms with Crippen molar-refractivity contribution in [1.82, 2.24) is 14.8 Å². The molecule has 1 aliphatic rings. The summed E-state index contributed by atoms with van der Waals surface area (Å²) < 4.78 is 17.0. The number of carbonyl (C=O) groups excluding carboxylic acids is 1. The molecule has 11 heteroatoms. The minimum Gasteiger partial charge on any atom is -0.387 e. The van der Waals surface area contributed by atoms with E-state index in [2.05, 4.69) is 10.1 Å². The molecule has 1 unspecified atom stereocenters. The Morgan fingerprint density at radius 1 is 1.53 bits per heavy atom. The van der Waals surface area contributed by atoms with E-state index < -0.39 is 38.5 Å². The second-order valence-electron chi connectivity index (χ2n) is 3.99. The molecule has 0 radical (unpaired) electrons. The van der Waals surface area contributed by atoms with Crippen molar-refractivity contribution in [3.63, 3.8) is 0 Å². The van der Waals surface area contributed by atoms with Crippen molar-refractivity contribution in [2.75, 3.05) is 6.16 Å². The van der Waals surface area contributed by atoms with Crippen LogP contribution >= 0.6 is 8.03 Å². The quantitative estimate of drug-likeness (QED) is 0.451. The zero-order chi connectivity index (χ0) is 14.2. The van der Waals surface area contributed by atoms with E-state index in [0.717, 1.165) is 11.0 Å². The normalized spacial score (nSPS) is 31.4. The summed E-state index contributed by atoms with van der Waals surface area (Å²) in [5.74, 6) is -1.11. The number of aromatic nitrogens is 3. The molecule has 2 rings (SSSR count). The molecule has 104 valence electrons. The van der Waals surface area contributed by atoms with E-state index in [1.165, 1.54) is 0 Å². The van der Waals surface area contributed by atoms with Gasteiger partial charge in [0, 0.05) is 0 Å². The molecule has 0 aromatic carbocycles. The summed E-state index contributed by atoms with van der Waals surface area (Å²) in [6.45, 7) is 0. The van der Waals surface area contributed by atoms with Crippen molar-refractivity contribution in [3.8, 4) is 0 Å². The molecule has 5 N–H and O–H groups in total. The number of hydrogen-bond acceptors (Lipinski definition) is 7. The van der Waals surface area contributed by atoms with Crippen LogP contribution in [-0.2, 0) is 9.30 Å². The Morgan fingerprint density at radius 2 is 2.21 bits per heavy atom. The number of ether oxygens (including phenoxy) is 1. The fourth-order valence-electron chi connectivity index (χ4n) is 1.76. The van der Waals surface area contributed by atoms with Crippen molar-refractivity contribution in [1.29, 1.82) is 0 Å². The van der Waals surface area contributed by atoms with Crippen molar-refractivity contribution < 1.29 is 29.2 Å². The maximum absolute atomic E-state index is 10.8. The number of amides is 1. The molecule has 1 saturated heterocycles. The van der Waals surface area contributed by atoms with Gasteiger partial charge in [0.25, 0.3) is 5.91 Å².